The Labute approximate surface area is 157 Å². The Morgan fingerprint density at radius 3 is 2.78 bits per heavy atom. The Bertz CT molecular complexity index is 1150. The highest BCUT2D eigenvalue weighted by atomic mass is 32.1. The Morgan fingerprint density at radius 2 is 2.11 bits per heavy atom. The van der Waals surface area contributed by atoms with Crippen LogP contribution in [0.25, 0.3) is 16.9 Å². The van der Waals surface area contributed by atoms with Crippen molar-refractivity contribution in [3.05, 3.63) is 55.6 Å². The fraction of sp³-hybridized carbons (Fsp3) is 0.250. The summed E-state index contributed by atoms with van der Waals surface area (Å²) in [6, 6.07) is 3.71. The number of fused-ring (bicyclic) bond motifs is 1. The van der Waals surface area contributed by atoms with Gasteiger partial charge in [-0.3, -0.25) is 13.9 Å². The van der Waals surface area contributed by atoms with E-state index < -0.39 is 17.5 Å². The molecule has 0 aliphatic carbocycles. The van der Waals surface area contributed by atoms with Gasteiger partial charge in [0.25, 0.3) is 5.56 Å². The zero-order chi connectivity index (χ0) is 19.7. The number of aliphatic hydroxyl groups is 1. The van der Waals surface area contributed by atoms with Gasteiger partial charge in [0.2, 0.25) is 0 Å². The Morgan fingerprint density at radius 1 is 1.37 bits per heavy atom. The van der Waals surface area contributed by atoms with Crippen molar-refractivity contribution in [2.45, 2.75) is 12.8 Å². The van der Waals surface area contributed by atoms with Gasteiger partial charge in [-0.1, -0.05) is 6.07 Å². The van der Waals surface area contributed by atoms with Crippen LogP contribution in [0.3, 0.4) is 0 Å². The lowest BCUT2D eigenvalue weighted by Gasteiger charge is -2.09. The lowest BCUT2D eigenvalue weighted by molar-refractivity contribution is 0.165. The van der Waals surface area contributed by atoms with Crippen LogP contribution >= 0.6 is 11.3 Å². The molecular weight excluding hydrogens is 370 g/mol. The molecular formula is C16H19N7O3S. The molecule has 27 heavy (non-hydrogen) atoms. The molecule has 3 aromatic heterocycles. The first-order valence-electron chi connectivity index (χ1n) is 7.93. The average Bonchev–Trinajstić information content (AvgIpc) is 3.28. The number of thiophene rings is 1. The van der Waals surface area contributed by atoms with Gasteiger partial charge >= 0.3 is 5.69 Å². The maximum Gasteiger partial charge on any atom is 0.332 e. The number of aliphatic imine (C=N–C) groups is 1. The van der Waals surface area contributed by atoms with Gasteiger partial charge in [-0.05, 0) is 11.4 Å². The van der Waals surface area contributed by atoms with Gasteiger partial charge in [0, 0.05) is 20.2 Å². The van der Waals surface area contributed by atoms with E-state index in [-0.39, 0.29) is 23.5 Å². The third-order valence-corrected chi connectivity index (χ3v) is 4.90. The van der Waals surface area contributed by atoms with Gasteiger partial charge in [0.15, 0.2) is 17.4 Å². The second-order valence-corrected chi connectivity index (χ2v) is 6.83. The zero-order valence-corrected chi connectivity index (χ0v) is 15.6. The number of hydrogen-bond acceptors (Lipinski definition) is 7. The fourth-order valence-corrected chi connectivity index (χ4v) is 3.29. The van der Waals surface area contributed by atoms with E-state index in [0.717, 1.165) is 9.44 Å². The Balaban J connectivity index is 1.88. The van der Waals surface area contributed by atoms with Crippen LogP contribution < -0.4 is 22.7 Å². The molecule has 0 aliphatic heterocycles. The summed E-state index contributed by atoms with van der Waals surface area (Å²) >= 11 is 1.46. The third-order valence-electron chi connectivity index (χ3n) is 3.98. The molecule has 0 aromatic carbocycles. The summed E-state index contributed by atoms with van der Waals surface area (Å²) < 4.78 is 3.68. The molecule has 1 unspecified atom stereocenters. The fourth-order valence-electron chi connectivity index (χ4n) is 2.63. The van der Waals surface area contributed by atoms with Crippen molar-refractivity contribution in [3.8, 4) is 0 Å². The van der Waals surface area contributed by atoms with Crippen LogP contribution in [0.5, 0.6) is 0 Å². The SMILES string of the molecule is Cn1c(=O)c2c(ncn2CC(O)N=C(N)/C=C(\N)c2cccs2)n(C)c1=O. The number of aromatic nitrogens is 4. The maximum atomic E-state index is 12.4. The minimum Gasteiger partial charge on any atom is -0.397 e. The van der Waals surface area contributed by atoms with Crippen LogP contribution in [-0.4, -0.2) is 35.9 Å². The number of aryl methyl sites for hydroxylation is 1. The summed E-state index contributed by atoms with van der Waals surface area (Å²) in [5.74, 6) is 0.0538. The number of rotatable bonds is 5. The Hall–Kier alpha value is -3.18. The summed E-state index contributed by atoms with van der Waals surface area (Å²) in [6.45, 7) is -0.0581. The monoisotopic (exact) mass is 389 g/mol. The summed E-state index contributed by atoms with van der Waals surface area (Å²) in [4.78, 5) is 33.2. The molecule has 0 aliphatic rings. The second-order valence-electron chi connectivity index (χ2n) is 5.89. The van der Waals surface area contributed by atoms with E-state index >= 15 is 0 Å². The second kappa shape index (κ2) is 7.21. The summed E-state index contributed by atoms with van der Waals surface area (Å²) in [7, 11) is 2.90. The molecule has 0 amide bonds. The van der Waals surface area contributed by atoms with Crippen molar-refractivity contribution in [1.29, 1.82) is 0 Å². The van der Waals surface area contributed by atoms with Gasteiger partial charge in [-0.25, -0.2) is 14.8 Å². The van der Waals surface area contributed by atoms with Crippen molar-refractivity contribution in [2.24, 2.45) is 30.6 Å². The molecule has 3 heterocycles. The standard InChI is InChI=1S/C16H19N7O3S/c1-21-14-13(15(25)22(2)16(21)26)23(8-19-14)7-12(24)20-11(18)6-9(17)10-4-3-5-27-10/h3-6,8,12,24H,7,17H2,1-2H3,(H2,18,20)/b9-6-. The highest BCUT2D eigenvalue weighted by molar-refractivity contribution is 7.11. The minimum absolute atomic E-state index is 0.0538. The minimum atomic E-state index is -1.23. The quantitative estimate of drug-likeness (QED) is 0.383. The molecule has 0 bridgehead atoms. The predicted octanol–water partition coefficient (Wildman–Crippen LogP) is -0.829. The highest BCUT2D eigenvalue weighted by Gasteiger charge is 2.16. The molecule has 5 N–H and O–H groups in total. The first-order valence-corrected chi connectivity index (χ1v) is 8.80. The van der Waals surface area contributed by atoms with Crippen LogP contribution in [0.1, 0.15) is 4.88 Å². The first kappa shape index (κ1) is 18.6. The lowest BCUT2D eigenvalue weighted by Crippen LogP contribution is -2.37. The van der Waals surface area contributed by atoms with Crippen molar-refractivity contribution >= 4 is 34.0 Å². The number of aliphatic hydroxyl groups excluding tert-OH is 1. The number of imidazole rings is 1. The van der Waals surface area contributed by atoms with E-state index in [1.807, 2.05) is 17.5 Å². The molecule has 3 aromatic rings. The molecule has 0 radical (unpaired) electrons. The van der Waals surface area contributed by atoms with Crippen molar-refractivity contribution < 1.29 is 5.11 Å². The molecule has 0 saturated carbocycles. The largest absolute Gasteiger partial charge is 0.397 e. The van der Waals surface area contributed by atoms with E-state index in [1.165, 1.54) is 47.0 Å². The van der Waals surface area contributed by atoms with Crippen LogP contribution in [0.15, 0.2) is 44.5 Å². The number of hydrogen-bond donors (Lipinski definition) is 3. The molecule has 10 nitrogen and oxygen atoms in total. The number of nitrogens with two attached hydrogens (primary N) is 2. The van der Waals surface area contributed by atoms with Crippen LogP contribution in [0, 0.1) is 0 Å². The predicted molar refractivity (Wildman–Crippen MR) is 104 cm³/mol. The van der Waals surface area contributed by atoms with E-state index in [9.17, 15) is 14.7 Å². The molecule has 1 atom stereocenters. The lowest BCUT2D eigenvalue weighted by atomic mass is 10.3. The molecule has 11 heteroatoms. The van der Waals surface area contributed by atoms with Crippen LogP contribution in [0.2, 0.25) is 0 Å². The molecule has 3 rings (SSSR count). The van der Waals surface area contributed by atoms with Gasteiger partial charge in [-0.15, -0.1) is 11.3 Å². The first-order chi connectivity index (χ1) is 12.8. The molecule has 0 fully saturated rings. The topological polar surface area (TPSA) is 146 Å². The van der Waals surface area contributed by atoms with Gasteiger partial charge in [-0.2, -0.15) is 0 Å². The summed E-state index contributed by atoms with van der Waals surface area (Å²) in [5, 5.41) is 12.1. The van der Waals surface area contributed by atoms with Crippen molar-refractivity contribution in [2.75, 3.05) is 0 Å². The van der Waals surface area contributed by atoms with Crippen molar-refractivity contribution in [1.82, 2.24) is 18.7 Å². The van der Waals surface area contributed by atoms with E-state index in [0.29, 0.717) is 5.70 Å². The molecule has 142 valence electrons. The van der Waals surface area contributed by atoms with Crippen LogP contribution in [0.4, 0.5) is 0 Å². The number of amidine groups is 1. The smallest absolute Gasteiger partial charge is 0.332 e. The molecule has 0 spiro atoms. The summed E-state index contributed by atoms with van der Waals surface area (Å²) in [6.07, 6.45) is 1.61. The average molecular weight is 389 g/mol. The van der Waals surface area contributed by atoms with E-state index in [2.05, 4.69) is 9.98 Å². The van der Waals surface area contributed by atoms with Crippen molar-refractivity contribution in [3.63, 3.8) is 0 Å². The van der Waals surface area contributed by atoms with Gasteiger partial charge in [0.05, 0.1) is 23.4 Å². The van der Waals surface area contributed by atoms with E-state index in [4.69, 9.17) is 11.5 Å². The zero-order valence-electron chi connectivity index (χ0n) is 14.7. The Kier molecular flexibility index (Phi) is 4.97. The highest BCUT2D eigenvalue weighted by Crippen LogP contribution is 2.15. The van der Waals surface area contributed by atoms with Gasteiger partial charge < -0.3 is 21.1 Å². The maximum absolute atomic E-state index is 12.4. The number of nitrogens with zero attached hydrogens (tertiary/aromatic N) is 5. The normalized spacial score (nSPS) is 14.0. The van der Waals surface area contributed by atoms with Crippen LogP contribution in [-0.2, 0) is 20.6 Å². The van der Waals surface area contributed by atoms with Gasteiger partial charge in [0.1, 0.15) is 5.84 Å². The van der Waals surface area contributed by atoms with E-state index in [1.54, 1.807) is 0 Å². The third kappa shape index (κ3) is 3.55. The summed E-state index contributed by atoms with van der Waals surface area (Å²) in [5.41, 5.74) is 11.6. The molecule has 0 saturated heterocycles.